The van der Waals surface area contributed by atoms with Crippen molar-refractivity contribution in [2.45, 2.75) is 12.5 Å². The summed E-state index contributed by atoms with van der Waals surface area (Å²) in [6, 6.07) is 18.3. The summed E-state index contributed by atoms with van der Waals surface area (Å²) in [6.07, 6.45) is 0.342. The zero-order valence-corrected chi connectivity index (χ0v) is 17.7. The Balaban J connectivity index is 1.88. The summed E-state index contributed by atoms with van der Waals surface area (Å²) in [5, 5.41) is 4.93. The van der Waals surface area contributed by atoms with Crippen molar-refractivity contribution < 1.29 is 14.3 Å². The number of hydrogen-bond acceptors (Lipinski definition) is 3. The fourth-order valence-electron chi connectivity index (χ4n) is 2.95. The molecular weight excluding hydrogens is 474 g/mol. The van der Waals surface area contributed by atoms with Crippen LogP contribution in [0.5, 0.6) is 0 Å². The minimum absolute atomic E-state index is 0.340. The zero-order valence-electron chi connectivity index (χ0n) is 14.5. The Hall–Kier alpha value is -2.18. The first-order valence-corrected chi connectivity index (χ1v) is 9.88. The number of benzene rings is 3. The molecule has 0 heterocycles. The minimum Gasteiger partial charge on any atom is -0.467 e. The van der Waals surface area contributed by atoms with Crippen LogP contribution in [0, 0.1) is 0 Å². The third kappa shape index (κ3) is 4.76. The smallest absolute Gasteiger partial charge is 0.328 e. The first kappa shape index (κ1) is 19.6. The number of halogens is 2. The summed E-state index contributed by atoms with van der Waals surface area (Å²) in [5.74, 6) is -0.821. The molecule has 0 aliphatic carbocycles. The van der Waals surface area contributed by atoms with Crippen LogP contribution in [0.15, 0.2) is 69.6 Å². The molecule has 0 saturated carbocycles. The van der Waals surface area contributed by atoms with Gasteiger partial charge in [-0.3, -0.25) is 4.79 Å². The van der Waals surface area contributed by atoms with Gasteiger partial charge in [-0.15, -0.1) is 0 Å². The molecule has 27 heavy (non-hydrogen) atoms. The Kier molecular flexibility index (Phi) is 6.29. The molecular formula is C21H17Br2NO3. The number of methoxy groups -OCH3 is 1. The van der Waals surface area contributed by atoms with E-state index in [0.29, 0.717) is 12.0 Å². The predicted octanol–water partition coefficient (Wildman–Crippen LogP) is 4.88. The van der Waals surface area contributed by atoms with E-state index < -0.39 is 12.0 Å². The zero-order chi connectivity index (χ0) is 19.4. The number of carbonyl (C=O) groups is 2. The van der Waals surface area contributed by atoms with Crippen molar-refractivity contribution in [1.82, 2.24) is 5.32 Å². The van der Waals surface area contributed by atoms with Crippen LogP contribution >= 0.6 is 31.9 Å². The average Bonchev–Trinajstić information content (AvgIpc) is 2.66. The van der Waals surface area contributed by atoms with Gasteiger partial charge in [0.05, 0.1) is 7.11 Å². The second-order valence-corrected chi connectivity index (χ2v) is 7.88. The molecule has 1 N–H and O–H groups in total. The van der Waals surface area contributed by atoms with Crippen molar-refractivity contribution >= 4 is 54.5 Å². The Morgan fingerprint density at radius 3 is 2.37 bits per heavy atom. The van der Waals surface area contributed by atoms with Gasteiger partial charge in [0.2, 0.25) is 0 Å². The lowest BCUT2D eigenvalue weighted by Gasteiger charge is -2.18. The standard InChI is InChI=1S/C21H17Br2NO3/c1-27-21(26)19(24-20(25)15-9-16(22)12-17(23)10-15)11-14-7-4-6-13-5-2-3-8-18(13)14/h2-10,12,19H,11H2,1H3,(H,24,25)/t19-/m0/s1. The highest BCUT2D eigenvalue weighted by molar-refractivity contribution is 9.11. The van der Waals surface area contributed by atoms with Crippen LogP contribution in [0.1, 0.15) is 15.9 Å². The van der Waals surface area contributed by atoms with Gasteiger partial charge >= 0.3 is 5.97 Å². The van der Waals surface area contributed by atoms with Gasteiger partial charge in [0.1, 0.15) is 6.04 Å². The molecule has 0 spiro atoms. The van der Waals surface area contributed by atoms with Gasteiger partial charge in [-0.1, -0.05) is 74.3 Å². The summed E-state index contributed by atoms with van der Waals surface area (Å²) in [6.45, 7) is 0. The SMILES string of the molecule is COC(=O)[C@H](Cc1cccc2ccccc12)NC(=O)c1cc(Br)cc(Br)c1. The number of carbonyl (C=O) groups excluding carboxylic acids is 2. The molecule has 0 aliphatic rings. The van der Waals surface area contributed by atoms with Crippen molar-refractivity contribution in [3.05, 3.63) is 80.7 Å². The highest BCUT2D eigenvalue weighted by Gasteiger charge is 2.23. The van der Waals surface area contributed by atoms with E-state index in [2.05, 4.69) is 37.2 Å². The normalized spacial score (nSPS) is 11.8. The molecule has 0 saturated heterocycles. The summed E-state index contributed by atoms with van der Waals surface area (Å²) in [4.78, 5) is 25.0. The molecule has 0 aromatic heterocycles. The topological polar surface area (TPSA) is 55.4 Å². The van der Waals surface area contributed by atoms with Gasteiger partial charge in [0.25, 0.3) is 5.91 Å². The molecule has 138 valence electrons. The Bertz CT molecular complexity index is 978. The summed E-state index contributed by atoms with van der Waals surface area (Å²) < 4.78 is 6.45. The number of ether oxygens (including phenoxy) is 1. The predicted molar refractivity (Wildman–Crippen MR) is 113 cm³/mol. The van der Waals surface area contributed by atoms with E-state index in [-0.39, 0.29) is 5.91 Å². The summed E-state index contributed by atoms with van der Waals surface area (Å²) >= 11 is 6.74. The van der Waals surface area contributed by atoms with Crippen molar-refractivity contribution in [3.8, 4) is 0 Å². The lowest BCUT2D eigenvalue weighted by atomic mass is 9.98. The van der Waals surface area contributed by atoms with E-state index in [0.717, 1.165) is 25.3 Å². The van der Waals surface area contributed by atoms with Gasteiger partial charge in [0, 0.05) is 20.9 Å². The number of nitrogens with one attached hydrogen (secondary N) is 1. The monoisotopic (exact) mass is 489 g/mol. The van der Waals surface area contributed by atoms with Crippen molar-refractivity contribution in [2.24, 2.45) is 0 Å². The number of hydrogen-bond donors (Lipinski definition) is 1. The van der Waals surface area contributed by atoms with Crippen LogP contribution in [0.4, 0.5) is 0 Å². The molecule has 3 aromatic rings. The minimum atomic E-state index is -0.786. The first-order valence-electron chi connectivity index (χ1n) is 8.29. The number of rotatable bonds is 5. The van der Waals surface area contributed by atoms with Crippen LogP contribution in [0.2, 0.25) is 0 Å². The Morgan fingerprint density at radius 2 is 1.67 bits per heavy atom. The maximum absolute atomic E-state index is 12.7. The molecule has 0 bridgehead atoms. The number of amides is 1. The molecule has 3 aromatic carbocycles. The molecule has 4 nitrogen and oxygen atoms in total. The van der Waals surface area contributed by atoms with Crippen molar-refractivity contribution in [3.63, 3.8) is 0 Å². The van der Waals surface area contributed by atoms with Crippen molar-refractivity contribution in [2.75, 3.05) is 7.11 Å². The van der Waals surface area contributed by atoms with Gasteiger partial charge in [0.15, 0.2) is 0 Å². The second-order valence-electron chi connectivity index (χ2n) is 6.05. The van der Waals surface area contributed by atoms with Crippen LogP contribution in [0.25, 0.3) is 10.8 Å². The lowest BCUT2D eigenvalue weighted by Crippen LogP contribution is -2.43. The fourth-order valence-corrected chi connectivity index (χ4v) is 4.25. The largest absolute Gasteiger partial charge is 0.467 e. The van der Waals surface area contributed by atoms with E-state index in [9.17, 15) is 9.59 Å². The molecule has 1 atom stereocenters. The van der Waals surface area contributed by atoms with E-state index in [4.69, 9.17) is 4.74 Å². The van der Waals surface area contributed by atoms with E-state index >= 15 is 0 Å². The number of fused-ring (bicyclic) bond motifs is 1. The van der Waals surface area contributed by atoms with Crippen LogP contribution in [0.3, 0.4) is 0 Å². The highest BCUT2D eigenvalue weighted by atomic mass is 79.9. The van der Waals surface area contributed by atoms with E-state index in [1.807, 2.05) is 48.5 Å². The van der Waals surface area contributed by atoms with Gasteiger partial charge < -0.3 is 10.1 Å². The first-order chi connectivity index (χ1) is 13.0. The highest BCUT2D eigenvalue weighted by Crippen LogP contribution is 2.22. The van der Waals surface area contributed by atoms with Gasteiger partial charge in [-0.05, 0) is 34.5 Å². The van der Waals surface area contributed by atoms with Crippen LogP contribution < -0.4 is 5.32 Å². The van der Waals surface area contributed by atoms with Gasteiger partial charge in [-0.2, -0.15) is 0 Å². The summed E-state index contributed by atoms with van der Waals surface area (Å²) in [7, 11) is 1.32. The van der Waals surface area contributed by atoms with Crippen LogP contribution in [-0.2, 0) is 16.0 Å². The molecule has 0 unspecified atom stereocenters. The van der Waals surface area contributed by atoms with Crippen molar-refractivity contribution in [1.29, 1.82) is 0 Å². The van der Waals surface area contributed by atoms with Crippen LogP contribution in [-0.4, -0.2) is 25.0 Å². The third-order valence-corrected chi connectivity index (χ3v) is 5.14. The molecule has 3 rings (SSSR count). The van der Waals surface area contributed by atoms with E-state index in [1.165, 1.54) is 7.11 Å². The molecule has 6 heteroatoms. The van der Waals surface area contributed by atoms with Gasteiger partial charge in [-0.25, -0.2) is 4.79 Å². The summed E-state index contributed by atoms with van der Waals surface area (Å²) in [5.41, 5.74) is 1.42. The average molecular weight is 491 g/mol. The fraction of sp³-hybridized carbons (Fsp3) is 0.143. The number of esters is 1. The van der Waals surface area contributed by atoms with E-state index in [1.54, 1.807) is 12.1 Å². The quantitative estimate of drug-likeness (QED) is 0.518. The lowest BCUT2D eigenvalue weighted by molar-refractivity contribution is -0.142. The molecule has 0 radical (unpaired) electrons. The maximum atomic E-state index is 12.7. The Morgan fingerprint density at radius 1 is 1.00 bits per heavy atom. The molecule has 1 amide bonds. The second kappa shape index (κ2) is 8.67. The Labute approximate surface area is 174 Å². The molecule has 0 fully saturated rings. The molecule has 0 aliphatic heterocycles. The maximum Gasteiger partial charge on any atom is 0.328 e. The third-order valence-electron chi connectivity index (χ3n) is 4.22.